The van der Waals surface area contributed by atoms with E-state index in [9.17, 15) is 13.5 Å². The Morgan fingerprint density at radius 3 is 2.74 bits per heavy atom. The second-order valence-electron chi connectivity index (χ2n) is 3.62. The summed E-state index contributed by atoms with van der Waals surface area (Å²) in [5.41, 5.74) is 0.0166. The number of aromatic hydroxyl groups is 1. The molecule has 1 heterocycles. The molecule has 2 aromatic rings. The molecule has 0 fully saturated rings. The molecule has 1 aromatic heterocycles. The molecular formula is C12H9N3O3S. The van der Waals surface area contributed by atoms with Crippen molar-refractivity contribution in [3.05, 3.63) is 48.3 Å². The number of phenols is 1. The monoisotopic (exact) mass is 275 g/mol. The molecule has 1 aromatic carbocycles. The average Bonchev–Trinajstić information content (AvgIpc) is 2.38. The van der Waals surface area contributed by atoms with E-state index in [1.807, 2.05) is 0 Å². The highest BCUT2D eigenvalue weighted by atomic mass is 32.2. The van der Waals surface area contributed by atoms with Crippen LogP contribution in [0.2, 0.25) is 0 Å². The summed E-state index contributed by atoms with van der Waals surface area (Å²) in [5.74, 6) is -0.0631. The quantitative estimate of drug-likeness (QED) is 0.882. The van der Waals surface area contributed by atoms with Crippen molar-refractivity contribution in [2.75, 3.05) is 4.72 Å². The van der Waals surface area contributed by atoms with Crippen LogP contribution < -0.4 is 4.72 Å². The topological polar surface area (TPSA) is 103 Å². The van der Waals surface area contributed by atoms with E-state index < -0.39 is 10.0 Å². The van der Waals surface area contributed by atoms with Gasteiger partial charge >= 0.3 is 0 Å². The molecule has 0 saturated heterocycles. The smallest absolute Gasteiger partial charge is 0.264 e. The number of rotatable bonds is 3. The SMILES string of the molecule is N#Cc1ncccc1S(=O)(=O)Nc1cccc(O)c1. The lowest BCUT2D eigenvalue weighted by atomic mass is 10.3. The van der Waals surface area contributed by atoms with Gasteiger partial charge in [-0.3, -0.25) is 4.72 Å². The molecule has 0 spiro atoms. The van der Waals surface area contributed by atoms with Crippen LogP contribution in [-0.2, 0) is 10.0 Å². The molecular weight excluding hydrogens is 266 g/mol. The van der Waals surface area contributed by atoms with Crippen LogP contribution in [0.25, 0.3) is 0 Å². The molecule has 19 heavy (non-hydrogen) atoms. The highest BCUT2D eigenvalue weighted by Gasteiger charge is 2.19. The maximum atomic E-state index is 12.1. The van der Waals surface area contributed by atoms with Crippen molar-refractivity contribution in [3.63, 3.8) is 0 Å². The molecule has 0 aliphatic carbocycles. The number of sulfonamides is 1. The minimum Gasteiger partial charge on any atom is -0.508 e. The van der Waals surface area contributed by atoms with E-state index in [1.54, 1.807) is 6.07 Å². The number of hydrogen-bond donors (Lipinski definition) is 2. The first kappa shape index (κ1) is 12.9. The van der Waals surface area contributed by atoms with Crippen molar-refractivity contribution in [2.45, 2.75) is 4.90 Å². The van der Waals surface area contributed by atoms with E-state index in [4.69, 9.17) is 5.26 Å². The molecule has 0 bridgehead atoms. The van der Waals surface area contributed by atoms with Gasteiger partial charge in [-0.2, -0.15) is 5.26 Å². The average molecular weight is 275 g/mol. The lowest BCUT2D eigenvalue weighted by Crippen LogP contribution is -2.14. The van der Waals surface area contributed by atoms with Crippen LogP contribution in [0.3, 0.4) is 0 Å². The molecule has 7 heteroatoms. The Bertz CT molecular complexity index is 751. The third kappa shape index (κ3) is 2.81. The number of aromatic nitrogens is 1. The zero-order valence-electron chi connectivity index (χ0n) is 9.61. The molecule has 96 valence electrons. The summed E-state index contributed by atoms with van der Waals surface area (Å²) in [6, 6.07) is 10.1. The third-order valence-corrected chi connectivity index (χ3v) is 3.68. The third-order valence-electron chi connectivity index (χ3n) is 2.26. The molecule has 0 unspecified atom stereocenters. The van der Waals surface area contributed by atoms with Gasteiger partial charge in [-0.05, 0) is 24.3 Å². The van der Waals surface area contributed by atoms with Gasteiger partial charge in [0.2, 0.25) is 0 Å². The fourth-order valence-corrected chi connectivity index (χ4v) is 2.63. The Morgan fingerprint density at radius 1 is 1.26 bits per heavy atom. The second-order valence-corrected chi connectivity index (χ2v) is 5.27. The van der Waals surface area contributed by atoms with E-state index in [-0.39, 0.29) is 22.0 Å². The molecule has 0 radical (unpaired) electrons. The fraction of sp³-hybridized carbons (Fsp3) is 0. The largest absolute Gasteiger partial charge is 0.508 e. The minimum atomic E-state index is -3.92. The lowest BCUT2D eigenvalue weighted by molar-refractivity contribution is 0.475. The second kappa shape index (κ2) is 4.96. The minimum absolute atomic E-state index is 0.0631. The highest BCUT2D eigenvalue weighted by molar-refractivity contribution is 7.92. The Hall–Kier alpha value is -2.59. The summed E-state index contributed by atoms with van der Waals surface area (Å²) >= 11 is 0. The molecule has 0 aliphatic rings. The summed E-state index contributed by atoms with van der Waals surface area (Å²) in [5, 5.41) is 18.1. The van der Waals surface area contributed by atoms with Gasteiger partial charge in [-0.15, -0.1) is 0 Å². The number of hydrogen-bond acceptors (Lipinski definition) is 5. The van der Waals surface area contributed by atoms with Gasteiger partial charge in [0.15, 0.2) is 5.69 Å². The van der Waals surface area contributed by atoms with Crippen LogP contribution in [0, 0.1) is 11.3 Å². The van der Waals surface area contributed by atoms with Crippen molar-refractivity contribution in [3.8, 4) is 11.8 Å². The fourth-order valence-electron chi connectivity index (χ4n) is 1.47. The zero-order chi connectivity index (χ0) is 13.9. The van der Waals surface area contributed by atoms with Crippen LogP contribution in [0.4, 0.5) is 5.69 Å². The summed E-state index contributed by atoms with van der Waals surface area (Å²) in [6.45, 7) is 0. The maximum Gasteiger partial charge on any atom is 0.264 e. The molecule has 6 nitrogen and oxygen atoms in total. The summed E-state index contributed by atoms with van der Waals surface area (Å²) in [6.07, 6.45) is 1.34. The normalized spacial score (nSPS) is 10.7. The first-order valence-corrected chi connectivity index (χ1v) is 6.68. The summed E-state index contributed by atoms with van der Waals surface area (Å²) in [4.78, 5) is 3.49. The number of benzene rings is 1. The van der Waals surface area contributed by atoms with Crippen LogP contribution in [0.15, 0.2) is 47.5 Å². The van der Waals surface area contributed by atoms with Crippen LogP contribution in [0.5, 0.6) is 5.75 Å². The molecule has 0 saturated carbocycles. The van der Waals surface area contributed by atoms with Gasteiger partial charge in [-0.1, -0.05) is 6.07 Å². The molecule has 0 aliphatic heterocycles. The van der Waals surface area contributed by atoms with Crippen LogP contribution >= 0.6 is 0 Å². The van der Waals surface area contributed by atoms with E-state index >= 15 is 0 Å². The maximum absolute atomic E-state index is 12.1. The van der Waals surface area contributed by atoms with Crippen LogP contribution in [-0.4, -0.2) is 18.5 Å². The number of nitriles is 1. The Labute approximate surface area is 110 Å². The van der Waals surface area contributed by atoms with E-state index in [2.05, 4.69) is 9.71 Å². The van der Waals surface area contributed by atoms with E-state index in [1.165, 1.54) is 42.6 Å². The van der Waals surface area contributed by atoms with Crippen molar-refractivity contribution in [2.24, 2.45) is 0 Å². The Kier molecular flexibility index (Phi) is 3.35. The van der Waals surface area contributed by atoms with Crippen molar-refractivity contribution < 1.29 is 13.5 Å². The number of nitrogens with one attached hydrogen (secondary N) is 1. The molecule has 2 rings (SSSR count). The number of nitrogens with zero attached hydrogens (tertiary/aromatic N) is 2. The predicted molar refractivity (Wildman–Crippen MR) is 67.9 cm³/mol. The van der Waals surface area contributed by atoms with Gasteiger partial charge in [0.05, 0.1) is 5.69 Å². The van der Waals surface area contributed by atoms with Gasteiger partial charge in [0.25, 0.3) is 10.0 Å². The van der Waals surface area contributed by atoms with Crippen molar-refractivity contribution in [1.29, 1.82) is 5.26 Å². The van der Waals surface area contributed by atoms with Gasteiger partial charge in [-0.25, -0.2) is 13.4 Å². The van der Waals surface area contributed by atoms with E-state index in [0.717, 1.165) is 0 Å². The Balaban J connectivity index is 2.41. The van der Waals surface area contributed by atoms with Crippen LogP contribution in [0.1, 0.15) is 5.69 Å². The predicted octanol–water partition coefficient (Wildman–Crippen LogP) is 1.46. The molecule has 2 N–H and O–H groups in total. The molecule has 0 amide bonds. The first-order valence-electron chi connectivity index (χ1n) is 5.20. The Morgan fingerprint density at radius 2 is 2.05 bits per heavy atom. The summed E-state index contributed by atoms with van der Waals surface area (Å²) < 4.78 is 26.5. The number of anilines is 1. The first-order chi connectivity index (χ1) is 9.03. The lowest BCUT2D eigenvalue weighted by Gasteiger charge is -2.08. The summed E-state index contributed by atoms with van der Waals surface area (Å²) in [7, 11) is -3.92. The van der Waals surface area contributed by atoms with Crippen molar-refractivity contribution in [1.82, 2.24) is 4.98 Å². The van der Waals surface area contributed by atoms with Gasteiger partial charge < -0.3 is 5.11 Å². The van der Waals surface area contributed by atoms with Crippen molar-refractivity contribution >= 4 is 15.7 Å². The highest BCUT2D eigenvalue weighted by Crippen LogP contribution is 2.20. The number of pyridine rings is 1. The van der Waals surface area contributed by atoms with Gasteiger partial charge in [0.1, 0.15) is 16.7 Å². The number of phenolic OH excluding ortho intramolecular Hbond substituents is 1. The molecule has 0 atom stereocenters. The standard InChI is InChI=1S/C12H9N3O3S/c13-8-11-12(5-2-6-14-11)19(17,18)15-9-3-1-4-10(16)7-9/h1-7,15-16H. The zero-order valence-corrected chi connectivity index (χ0v) is 10.4. The van der Waals surface area contributed by atoms with E-state index in [0.29, 0.717) is 0 Å². The van der Waals surface area contributed by atoms with Gasteiger partial charge in [0, 0.05) is 12.3 Å².